The summed E-state index contributed by atoms with van der Waals surface area (Å²) in [5.41, 5.74) is 9.18. The highest BCUT2D eigenvalue weighted by molar-refractivity contribution is 7.80. The molecule has 0 aromatic carbocycles. The number of hydrogen-bond donors (Lipinski definition) is 2. The molecule has 3 nitrogen and oxygen atoms in total. The molecule has 0 unspecified atom stereocenters. The Morgan fingerprint density at radius 3 is 2.71 bits per heavy atom. The molecule has 0 saturated heterocycles. The Morgan fingerprint density at radius 2 is 2.21 bits per heavy atom. The molecule has 0 radical (unpaired) electrons. The van der Waals surface area contributed by atoms with Gasteiger partial charge in [-0.2, -0.15) is 5.10 Å². The molecule has 0 amide bonds. The van der Waals surface area contributed by atoms with Crippen molar-refractivity contribution in [2.75, 3.05) is 0 Å². The summed E-state index contributed by atoms with van der Waals surface area (Å²) in [6, 6.07) is 0. The molecule has 0 aromatic heterocycles. The van der Waals surface area contributed by atoms with Crippen molar-refractivity contribution < 1.29 is 0 Å². The zero-order valence-corrected chi connectivity index (χ0v) is 9.31. The highest BCUT2D eigenvalue weighted by Crippen LogP contribution is 2.48. The van der Waals surface area contributed by atoms with Crippen LogP contribution in [0.1, 0.15) is 32.6 Å². The Balaban J connectivity index is 1.95. The smallest absolute Gasteiger partial charge is 0.184 e. The zero-order valence-electron chi connectivity index (χ0n) is 8.49. The van der Waals surface area contributed by atoms with Crippen LogP contribution in [-0.2, 0) is 0 Å². The fourth-order valence-corrected chi connectivity index (χ4v) is 3.03. The summed E-state index contributed by atoms with van der Waals surface area (Å²) in [5, 5.41) is 4.48. The third-order valence-corrected chi connectivity index (χ3v) is 3.71. The van der Waals surface area contributed by atoms with Crippen molar-refractivity contribution in [2.45, 2.75) is 32.6 Å². The molecule has 0 spiro atoms. The summed E-state index contributed by atoms with van der Waals surface area (Å²) in [4.78, 5) is 0. The number of hydrogen-bond acceptors (Lipinski definition) is 2. The van der Waals surface area contributed by atoms with Crippen LogP contribution in [0, 0.1) is 17.8 Å². The molecule has 2 bridgehead atoms. The lowest BCUT2D eigenvalue weighted by Gasteiger charge is -2.21. The summed E-state index contributed by atoms with van der Waals surface area (Å²) in [6.07, 6.45) is 5.54. The van der Waals surface area contributed by atoms with E-state index in [1.54, 1.807) is 0 Å². The fourth-order valence-electron chi connectivity index (χ4n) is 2.98. The van der Waals surface area contributed by atoms with Crippen molar-refractivity contribution in [1.29, 1.82) is 0 Å². The monoisotopic (exact) mass is 211 g/mol. The van der Waals surface area contributed by atoms with Gasteiger partial charge in [-0.3, -0.25) is 5.43 Å². The lowest BCUT2D eigenvalue weighted by molar-refractivity contribution is 0.413. The van der Waals surface area contributed by atoms with Crippen LogP contribution in [-0.4, -0.2) is 10.8 Å². The Morgan fingerprint density at radius 1 is 1.43 bits per heavy atom. The van der Waals surface area contributed by atoms with Crippen molar-refractivity contribution in [3.8, 4) is 0 Å². The van der Waals surface area contributed by atoms with E-state index in [0.29, 0.717) is 5.92 Å². The predicted octanol–water partition coefficient (Wildman–Crippen LogP) is 1.63. The molecule has 14 heavy (non-hydrogen) atoms. The van der Waals surface area contributed by atoms with Gasteiger partial charge in [0.2, 0.25) is 0 Å². The molecule has 2 aliphatic carbocycles. The van der Waals surface area contributed by atoms with Gasteiger partial charge < -0.3 is 5.73 Å². The molecule has 3 N–H and O–H groups in total. The highest BCUT2D eigenvalue weighted by Gasteiger charge is 2.40. The van der Waals surface area contributed by atoms with Crippen LogP contribution in [0.2, 0.25) is 0 Å². The Hall–Kier alpha value is -0.640. The third kappa shape index (κ3) is 1.90. The van der Waals surface area contributed by atoms with Gasteiger partial charge in [-0.05, 0) is 50.2 Å². The maximum atomic E-state index is 5.33. The second-order valence-electron chi connectivity index (χ2n) is 4.51. The molecule has 3 atom stereocenters. The van der Waals surface area contributed by atoms with Crippen LogP contribution in [0.4, 0.5) is 0 Å². The van der Waals surface area contributed by atoms with Crippen molar-refractivity contribution in [3.05, 3.63) is 0 Å². The largest absolute Gasteiger partial charge is 0.375 e. The Labute approximate surface area is 90.1 Å². The lowest BCUT2D eigenvalue weighted by Crippen LogP contribution is -2.28. The van der Waals surface area contributed by atoms with Gasteiger partial charge in [-0.15, -0.1) is 0 Å². The zero-order chi connectivity index (χ0) is 10.1. The van der Waals surface area contributed by atoms with Crippen molar-refractivity contribution >= 4 is 23.0 Å². The van der Waals surface area contributed by atoms with E-state index in [-0.39, 0.29) is 5.11 Å². The van der Waals surface area contributed by atoms with Crippen LogP contribution in [0.5, 0.6) is 0 Å². The van der Waals surface area contributed by atoms with Gasteiger partial charge >= 0.3 is 0 Å². The molecule has 0 aromatic rings. The van der Waals surface area contributed by atoms with Gasteiger partial charge in [0.05, 0.1) is 0 Å². The van der Waals surface area contributed by atoms with Gasteiger partial charge in [0.15, 0.2) is 5.11 Å². The maximum absolute atomic E-state index is 5.33. The lowest BCUT2D eigenvalue weighted by atomic mass is 9.86. The van der Waals surface area contributed by atoms with Gasteiger partial charge in [0.1, 0.15) is 0 Å². The van der Waals surface area contributed by atoms with Crippen LogP contribution in [0.15, 0.2) is 5.10 Å². The molecule has 0 heterocycles. The van der Waals surface area contributed by atoms with Gasteiger partial charge in [-0.25, -0.2) is 0 Å². The molecule has 2 fully saturated rings. The van der Waals surface area contributed by atoms with Crippen LogP contribution in [0.25, 0.3) is 0 Å². The highest BCUT2D eigenvalue weighted by atomic mass is 32.1. The molecular weight excluding hydrogens is 194 g/mol. The van der Waals surface area contributed by atoms with Gasteiger partial charge in [-0.1, -0.05) is 6.42 Å². The molecule has 0 aliphatic heterocycles. The second-order valence-corrected chi connectivity index (χ2v) is 4.95. The van der Waals surface area contributed by atoms with E-state index in [0.717, 1.165) is 11.8 Å². The second kappa shape index (κ2) is 3.85. The first kappa shape index (κ1) is 9.90. The first-order valence-electron chi connectivity index (χ1n) is 5.26. The number of nitrogens with zero attached hydrogens (tertiary/aromatic N) is 1. The molecule has 4 heteroatoms. The van der Waals surface area contributed by atoms with Crippen molar-refractivity contribution in [1.82, 2.24) is 5.43 Å². The summed E-state index contributed by atoms with van der Waals surface area (Å²) < 4.78 is 0. The van der Waals surface area contributed by atoms with E-state index in [4.69, 9.17) is 18.0 Å². The van der Waals surface area contributed by atoms with E-state index in [2.05, 4.69) is 17.5 Å². The molecule has 2 saturated carbocycles. The Bertz CT molecular complexity index is 275. The van der Waals surface area contributed by atoms with Crippen LogP contribution < -0.4 is 11.2 Å². The van der Waals surface area contributed by atoms with Gasteiger partial charge in [0, 0.05) is 11.6 Å². The first-order valence-corrected chi connectivity index (χ1v) is 5.67. The van der Waals surface area contributed by atoms with Gasteiger partial charge in [0.25, 0.3) is 0 Å². The molecular formula is C10H17N3S. The van der Waals surface area contributed by atoms with E-state index in [9.17, 15) is 0 Å². The number of hydrazone groups is 1. The van der Waals surface area contributed by atoms with E-state index in [1.807, 2.05) is 0 Å². The van der Waals surface area contributed by atoms with Crippen molar-refractivity contribution in [3.63, 3.8) is 0 Å². The minimum absolute atomic E-state index is 0.257. The number of rotatable bonds is 2. The quantitative estimate of drug-likeness (QED) is 0.415. The van der Waals surface area contributed by atoms with E-state index < -0.39 is 0 Å². The third-order valence-electron chi connectivity index (χ3n) is 3.62. The Kier molecular flexibility index (Phi) is 2.72. The van der Waals surface area contributed by atoms with Crippen LogP contribution in [0.3, 0.4) is 0 Å². The number of thiocarbonyl (C=S) groups is 1. The summed E-state index contributed by atoms with van der Waals surface area (Å²) in [6.45, 7) is 2.08. The topological polar surface area (TPSA) is 50.4 Å². The first-order chi connectivity index (χ1) is 6.66. The molecule has 2 aliphatic rings. The average Bonchev–Trinajstić information content (AvgIpc) is 2.74. The number of nitrogens with two attached hydrogens (primary N) is 1. The normalized spacial score (nSPS) is 36.1. The minimum Gasteiger partial charge on any atom is -0.375 e. The van der Waals surface area contributed by atoms with E-state index in [1.165, 1.54) is 31.4 Å². The van der Waals surface area contributed by atoms with Crippen molar-refractivity contribution in [2.24, 2.45) is 28.6 Å². The molecule has 2 rings (SSSR count). The van der Waals surface area contributed by atoms with Crippen LogP contribution >= 0.6 is 12.2 Å². The predicted molar refractivity (Wildman–Crippen MR) is 62.0 cm³/mol. The summed E-state index contributed by atoms with van der Waals surface area (Å²) in [5.74, 6) is 2.51. The average molecular weight is 211 g/mol. The number of fused-ring (bicyclic) bond motifs is 2. The molecule has 78 valence electrons. The standard InChI is InChI=1S/C10H17N3S/c1-6(12-13-10(11)14)9-5-7-2-3-8(9)4-7/h7-9H,2-5H2,1H3,(H3,11,13,14)/b12-6-/t7-,8+,9-/m0/s1. The maximum Gasteiger partial charge on any atom is 0.184 e. The summed E-state index contributed by atoms with van der Waals surface area (Å²) in [7, 11) is 0. The fraction of sp³-hybridized carbons (Fsp3) is 0.800. The minimum atomic E-state index is 0.257. The SMILES string of the molecule is C/C(=N/NC(N)=S)[C@@H]1C[C@H]2CC[C@@H]1C2. The van der Waals surface area contributed by atoms with E-state index >= 15 is 0 Å². The number of nitrogens with one attached hydrogen (secondary N) is 1. The summed E-state index contributed by atoms with van der Waals surface area (Å²) >= 11 is 4.71.